The number of aryl methyl sites for hydroxylation is 1. The first-order chi connectivity index (χ1) is 7.39. The molecule has 16 heavy (non-hydrogen) atoms. The summed E-state index contributed by atoms with van der Waals surface area (Å²) in [6.45, 7) is 1.74. The molecule has 0 saturated heterocycles. The Labute approximate surface area is 98.1 Å². The van der Waals surface area contributed by atoms with Gasteiger partial charge < -0.3 is 0 Å². The van der Waals surface area contributed by atoms with Crippen LogP contribution in [0.5, 0.6) is 0 Å². The molecule has 1 aromatic carbocycles. The minimum absolute atomic E-state index is 0.00407. The highest BCUT2D eigenvalue weighted by atomic mass is 35.5. The van der Waals surface area contributed by atoms with E-state index in [1.807, 2.05) is 0 Å². The molecule has 0 fully saturated rings. The lowest BCUT2D eigenvalue weighted by Gasteiger charge is -2.06. The van der Waals surface area contributed by atoms with Gasteiger partial charge in [-0.3, -0.25) is 4.98 Å². The number of para-hydroxylation sites is 1. The molecule has 0 aliphatic heterocycles. The molecule has 0 amide bonds. The van der Waals surface area contributed by atoms with Crippen LogP contribution in [0.15, 0.2) is 29.2 Å². The molecule has 0 aliphatic carbocycles. The smallest absolute Gasteiger partial charge is 0.240 e. The first-order valence-electron chi connectivity index (χ1n) is 4.48. The summed E-state index contributed by atoms with van der Waals surface area (Å²) >= 11 is 6.01. The summed E-state index contributed by atoms with van der Waals surface area (Å²) in [5.74, 6) is 0. The van der Waals surface area contributed by atoms with Crippen LogP contribution in [0, 0.1) is 6.92 Å². The number of sulfonamides is 1. The summed E-state index contributed by atoms with van der Waals surface area (Å²) in [4.78, 5) is 4.16. The van der Waals surface area contributed by atoms with Crippen LogP contribution in [0.25, 0.3) is 10.9 Å². The van der Waals surface area contributed by atoms with E-state index in [9.17, 15) is 8.42 Å². The fraction of sp³-hybridized carbons (Fsp3) is 0.100. The van der Waals surface area contributed by atoms with Gasteiger partial charge in [-0.15, -0.1) is 0 Å². The number of nitrogens with two attached hydrogens (primary N) is 1. The van der Waals surface area contributed by atoms with Crippen molar-refractivity contribution in [2.24, 2.45) is 5.14 Å². The number of hydrogen-bond acceptors (Lipinski definition) is 3. The van der Waals surface area contributed by atoms with Gasteiger partial charge in [0.15, 0.2) is 0 Å². The lowest BCUT2D eigenvalue weighted by molar-refractivity contribution is 0.598. The van der Waals surface area contributed by atoms with E-state index in [0.717, 1.165) is 0 Å². The van der Waals surface area contributed by atoms with E-state index in [4.69, 9.17) is 16.7 Å². The molecule has 2 rings (SSSR count). The molecule has 0 spiro atoms. The van der Waals surface area contributed by atoms with Crippen molar-refractivity contribution >= 4 is 32.5 Å². The number of pyridine rings is 1. The van der Waals surface area contributed by atoms with Crippen LogP contribution in [0.1, 0.15) is 5.69 Å². The molecule has 0 unspecified atom stereocenters. The van der Waals surface area contributed by atoms with Crippen LogP contribution < -0.4 is 5.14 Å². The molecule has 2 N–H and O–H groups in total. The number of primary sulfonamides is 1. The van der Waals surface area contributed by atoms with Crippen molar-refractivity contribution in [3.63, 3.8) is 0 Å². The van der Waals surface area contributed by atoms with Crippen molar-refractivity contribution in [3.05, 3.63) is 35.0 Å². The number of benzene rings is 1. The van der Waals surface area contributed by atoms with Gasteiger partial charge in [0.1, 0.15) is 4.90 Å². The molecule has 0 bridgehead atoms. The van der Waals surface area contributed by atoms with Crippen molar-refractivity contribution in [1.29, 1.82) is 0 Å². The van der Waals surface area contributed by atoms with Gasteiger partial charge in [-0.1, -0.05) is 23.7 Å². The summed E-state index contributed by atoms with van der Waals surface area (Å²) < 4.78 is 22.7. The number of hydrogen-bond donors (Lipinski definition) is 1. The Morgan fingerprint density at radius 2 is 2.06 bits per heavy atom. The van der Waals surface area contributed by atoms with E-state index in [-0.39, 0.29) is 4.90 Å². The highest BCUT2D eigenvalue weighted by Gasteiger charge is 2.14. The van der Waals surface area contributed by atoms with Gasteiger partial charge >= 0.3 is 0 Å². The molecule has 6 heteroatoms. The SMILES string of the molecule is Cc1cc(Cl)c2cccc(S(N)(=O)=O)c2n1. The highest BCUT2D eigenvalue weighted by molar-refractivity contribution is 7.89. The van der Waals surface area contributed by atoms with Gasteiger partial charge in [-0.2, -0.15) is 0 Å². The fourth-order valence-electron chi connectivity index (χ4n) is 1.53. The van der Waals surface area contributed by atoms with Crippen LogP contribution in [0.2, 0.25) is 5.02 Å². The Morgan fingerprint density at radius 1 is 1.38 bits per heavy atom. The summed E-state index contributed by atoms with van der Waals surface area (Å²) in [7, 11) is -3.78. The van der Waals surface area contributed by atoms with Gasteiger partial charge in [0.05, 0.1) is 10.5 Å². The van der Waals surface area contributed by atoms with Gasteiger partial charge in [0.2, 0.25) is 10.0 Å². The maximum Gasteiger partial charge on any atom is 0.240 e. The third-order valence-electron chi connectivity index (χ3n) is 2.19. The van der Waals surface area contributed by atoms with Crippen LogP contribution in [0.4, 0.5) is 0 Å². The Bertz CT molecular complexity index is 668. The summed E-state index contributed by atoms with van der Waals surface area (Å²) in [5, 5.41) is 6.16. The first-order valence-corrected chi connectivity index (χ1v) is 6.41. The minimum atomic E-state index is -3.78. The number of halogens is 1. The quantitative estimate of drug-likeness (QED) is 0.846. The molecular formula is C10H9ClN2O2S. The monoisotopic (exact) mass is 256 g/mol. The van der Waals surface area contributed by atoms with Gasteiger partial charge in [0, 0.05) is 11.1 Å². The average molecular weight is 257 g/mol. The zero-order chi connectivity index (χ0) is 11.9. The predicted octanol–water partition coefficient (Wildman–Crippen LogP) is 1.84. The molecule has 0 aliphatic rings. The zero-order valence-electron chi connectivity index (χ0n) is 8.44. The zero-order valence-corrected chi connectivity index (χ0v) is 10.0. The Morgan fingerprint density at radius 3 is 2.69 bits per heavy atom. The second-order valence-corrected chi connectivity index (χ2v) is 5.38. The van der Waals surface area contributed by atoms with Crippen LogP contribution in [0.3, 0.4) is 0 Å². The summed E-state index contributed by atoms with van der Waals surface area (Å²) in [6.07, 6.45) is 0. The molecule has 0 saturated carbocycles. The van der Waals surface area contributed by atoms with Crippen LogP contribution in [-0.4, -0.2) is 13.4 Å². The highest BCUT2D eigenvalue weighted by Crippen LogP contribution is 2.27. The molecule has 1 aromatic heterocycles. The molecule has 0 radical (unpaired) electrons. The second kappa shape index (κ2) is 3.69. The molecule has 84 valence electrons. The van der Waals surface area contributed by atoms with Crippen molar-refractivity contribution in [3.8, 4) is 0 Å². The van der Waals surface area contributed by atoms with Crippen molar-refractivity contribution < 1.29 is 8.42 Å². The van der Waals surface area contributed by atoms with Gasteiger partial charge in [-0.25, -0.2) is 13.6 Å². The van der Waals surface area contributed by atoms with Crippen molar-refractivity contribution in [1.82, 2.24) is 4.98 Å². The number of rotatable bonds is 1. The molecule has 1 heterocycles. The first kappa shape index (κ1) is 11.3. The van der Waals surface area contributed by atoms with Crippen molar-refractivity contribution in [2.75, 3.05) is 0 Å². The molecular weight excluding hydrogens is 248 g/mol. The second-order valence-electron chi connectivity index (χ2n) is 3.44. The van der Waals surface area contributed by atoms with E-state index in [0.29, 0.717) is 21.6 Å². The third kappa shape index (κ3) is 1.89. The van der Waals surface area contributed by atoms with Crippen molar-refractivity contribution in [2.45, 2.75) is 11.8 Å². The van der Waals surface area contributed by atoms with Gasteiger partial charge in [0.25, 0.3) is 0 Å². The minimum Gasteiger partial charge on any atom is -0.252 e. The maximum atomic E-state index is 11.4. The van der Waals surface area contributed by atoms with E-state index in [1.54, 1.807) is 25.1 Å². The normalized spacial score (nSPS) is 11.9. The van der Waals surface area contributed by atoms with Crippen LogP contribution >= 0.6 is 11.6 Å². The third-order valence-corrected chi connectivity index (χ3v) is 3.44. The average Bonchev–Trinajstić information content (AvgIpc) is 2.15. The van der Waals surface area contributed by atoms with E-state index < -0.39 is 10.0 Å². The van der Waals surface area contributed by atoms with E-state index in [1.165, 1.54) is 6.07 Å². The lowest BCUT2D eigenvalue weighted by atomic mass is 10.2. The Balaban J connectivity index is 2.98. The molecule has 4 nitrogen and oxygen atoms in total. The number of fused-ring (bicyclic) bond motifs is 1. The van der Waals surface area contributed by atoms with E-state index >= 15 is 0 Å². The van der Waals surface area contributed by atoms with Gasteiger partial charge in [-0.05, 0) is 19.1 Å². The maximum absolute atomic E-state index is 11.4. The Kier molecular flexibility index (Phi) is 2.61. The Hall–Kier alpha value is -1.17. The van der Waals surface area contributed by atoms with E-state index in [2.05, 4.69) is 4.98 Å². The standard InChI is InChI=1S/C10H9ClN2O2S/c1-6-5-8(11)7-3-2-4-9(10(7)13-6)16(12,14)15/h2-5H,1H3,(H2,12,14,15). The van der Waals surface area contributed by atoms with Crippen LogP contribution in [-0.2, 0) is 10.0 Å². The number of nitrogens with zero attached hydrogens (tertiary/aromatic N) is 1. The largest absolute Gasteiger partial charge is 0.252 e. The molecule has 0 atom stereocenters. The molecule has 2 aromatic rings. The number of aromatic nitrogens is 1. The summed E-state index contributed by atoms with van der Waals surface area (Å²) in [6, 6.07) is 6.39. The predicted molar refractivity (Wildman–Crippen MR) is 62.9 cm³/mol. The summed E-state index contributed by atoms with van der Waals surface area (Å²) in [5.41, 5.74) is 0.962. The fourth-order valence-corrected chi connectivity index (χ4v) is 2.53. The topological polar surface area (TPSA) is 73.1 Å². The lowest BCUT2D eigenvalue weighted by Crippen LogP contribution is -2.13.